The van der Waals surface area contributed by atoms with Gasteiger partial charge in [0, 0.05) is 6.07 Å². The van der Waals surface area contributed by atoms with Crippen LogP contribution in [0.1, 0.15) is 27.3 Å². The Morgan fingerprint density at radius 3 is 2.22 bits per heavy atom. The molecule has 0 amide bonds. The van der Waals surface area contributed by atoms with Gasteiger partial charge in [-0.3, -0.25) is 4.79 Å². The third-order valence-electron chi connectivity index (χ3n) is 4.34. The van der Waals surface area contributed by atoms with E-state index in [9.17, 15) is 4.79 Å². The van der Waals surface area contributed by atoms with Crippen molar-refractivity contribution in [2.45, 2.75) is 13.8 Å². The van der Waals surface area contributed by atoms with Crippen LogP contribution in [-0.2, 0) is 0 Å². The van der Waals surface area contributed by atoms with Gasteiger partial charge in [-0.05, 0) is 49.8 Å². The molecule has 0 N–H and O–H groups in total. The number of benzene rings is 2. The van der Waals surface area contributed by atoms with Gasteiger partial charge in [0.1, 0.15) is 11.5 Å². The third-order valence-corrected chi connectivity index (χ3v) is 4.34. The monoisotopic (exact) mass is 362 g/mol. The van der Waals surface area contributed by atoms with E-state index in [-0.39, 0.29) is 5.78 Å². The van der Waals surface area contributed by atoms with Gasteiger partial charge in [-0.15, -0.1) is 0 Å². The number of carbonyl (C=O) groups excluding carboxylic acids is 1. The lowest BCUT2D eigenvalue weighted by atomic mass is 10.1. The second-order valence-electron chi connectivity index (χ2n) is 6.14. The maximum absolute atomic E-state index is 12.8. The molecule has 0 fully saturated rings. The molecule has 0 bridgehead atoms. The second-order valence-corrected chi connectivity index (χ2v) is 6.14. The predicted octanol–water partition coefficient (Wildman–Crippen LogP) is 4.40. The van der Waals surface area contributed by atoms with E-state index in [1.54, 1.807) is 37.1 Å². The van der Waals surface area contributed by atoms with Crippen LogP contribution in [-0.4, -0.2) is 29.8 Å². The van der Waals surface area contributed by atoms with Crippen molar-refractivity contribution < 1.29 is 14.3 Å². The minimum atomic E-state index is -0.0889. The zero-order chi connectivity index (χ0) is 19.4. The summed E-state index contributed by atoms with van der Waals surface area (Å²) in [6.45, 7) is 3.75. The molecule has 0 unspecified atom stereocenters. The van der Waals surface area contributed by atoms with Gasteiger partial charge in [-0.25, -0.2) is 4.68 Å². The summed E-state index contributed by atoms with van der Waals surface area (Å²) in [6.07, 6.45) is 3.31. The normalized spacial score (nSPS) is 11.0. The number of ketones is 1. The Bertz CT molecular complexity index is 966. The minimum absolute atomic E-state index is 0.0889. The van der Waals surface area contributed by atoms with E-state index >= 15 is 0 Å². The fourth-order valence-electron chi connectivity index (χ4n) is 3.00. The maximum atomic E-state index is 12.8. The van der Waals surface area contributed by atoms with Crippen LogP contribution < -0.4 is 9.47 Å². The van der Waals surface area contributed by atoms with Crippen molar-refractivity contribution in [2.24, 2.45) is 0 Å². The molecule has 3 aromatic rings. The number of allylic oxidation sites excluding steroid dienone is 1. The number of aryl methyl sites for hydroxylation is 1. The summed E-state index contributed by atoms with van der Waals surface area (Å²) in [5.41, 5.74) is 3.89. The predicted molar refractivity (Wildman–Crippen MR) is 106 cm³/mol. The number of nitrogens with zero attached hydrogens (tertiary/aromatic N) is 2. The van der Waals surface area contributed by atoms with Gasteiger partial charge >= 0.3 is 0 Å². The molecule has 5 heteroatoms. The van der Waals surface area contributed by atoms with E-state index in [1.165, 1.54) is 0 Å². The number of hydrogen-bond donors (Lipinski definition) is 0. The Kier molecular flexibility index (Phi) is 5.41. The van der Waals surface area contributed by atoms with Gasteiger partial charge in [-0.2, -0.15) is 5.10 Å². The molecular weight excluding hydrogens is 340 g/mol. The third kappa shape index (κ3) is 3.92. The number of para-hydroxylation sites is 1. The summed E-state index contributed by atoms with van der Waals surface area (Å²) < 4.78 is 12.3. The number of carbonyl (C=O) groups is 1. The van der Waals surface area contributed by atoms with E-state index in [4.69, 9.17) is 9.47 Å². The molecule has 0 aliphatic rings. The highest BCUT2D eigenvalue weighted by Crippen LogP contribution is 2.24. The lowest BCUT2D eigenvalue weighted by Crippen LogP contribution is -2.01. The fraction of sp³-hybridized carbons (Fsp3) is 0.182. The van der Waals surface area contributed by atoms with Crippen molar-refractivity contribution in [1.82, 2.24) is 9.78 Å². The zero-order valence-corrected chi connectivity index (χ0v) is 15.9. The first-order valence-electron chi connectivity index (χ1n) is 8.60. The Hall–Kier alpha value is -3.34. The number of ether oxygens (including phenoxy) is 2. The van der Waals surface area contributed by atoms with Gasteiger partial charge in [-0.1, -0.05) is 24.3 Å². The summed E-state index contributed by atoms with van der Waals surface area (Å²) in [4.78, 5) is 12.8. The first kappa shape index (κ1) is 18.5. The summed E-state index contributed by atoms with van der Waals surface area (Å²) in [5.74, 6) is 1.25. The minimum Gasteiger partial charge on any atom is -0.497 e. The van der Waals surface area contributed by atoms with Crippen LogP contribution in [0.3, 0.4) is 0 Å². The summed E-state index contributed by atoms with van der Waals surface area (Å²) in [6, 6.07) is 15.3. The summed E-state index contributed by atoms with van der Waals surface area (Å²) >= 11 is 0. The SMILES string of the molecule is COc1cc(C=CC(=O)c2c(C)nn(-c3ccccc3)c2C)cc(OC)c1. The molecular formula is C22H22N2O3. The van der Waals surface area contributed by atoms with Crippen LogP contribution in [0.5, 0.6) is 11.5 Å². The largest absolute Gasteiger partial charge is 0.497 e. The van der Waals surface area contributed by atoms with Crippen molar-refractivity contribution in [3.05, 3.63) is 77.1 Å². The average Bonchev–Trinajstić information content (AvgIpc) is 3.00. The lowest BCUT2D eigenvalue weighted by Gasteiger charge is -2.06. The Morgan fingerprint density at radius 2 is 1.63 bits per heavy atom. The van der Waals surface area contributed by atoms with E-state index in [2.05, 4.69) is 5.10 Å². The molecule has 0 saturated carbocycles. The molecule has 3 rings (SSSR count). The van der Waals surface area contributed by atoms with Gasteiger partial charge in [0.15, 0.2) is 5.78 Å². The van der Waals surface area contributed by atoms with E-state index < -0.39 is 0 Å². The fourth-order valence-corrected chi connectivity index (χ4v) is 3.00. The van der Waals surface area contributed by atoms with Gasteiger partial charge in [0.2, 0.25) is 0 Å². The maximum Gasteiger partial charge on any atom is 0.189 e. The van der Waals surface area contributed by atoms with Crippen LogP contribution in [0.4, 0.5) is 0 Å². The number of aromatic nitrogens is 2. The highest BCUT2D eigenvalue weighted by atomic mass is 16.5. The van der Waals surface area contributed by atoms with E-state index in [1.807, 2.05) is 56.3 Å². The highest BCUT2D eigenvalue weighted by Gasteiger charge is 2.17. The van der Waals surface area contributed by atoms with Gasteiger partial charge < -0.3 is 9.47 Å². The molecule has 5 nitrogen and oxygen atoms in total. The van der Waals surface area contributed by atoms with Crippen LogP contribution in [0.2, 0.25) is 0 Å². The standard InChI is InChI=1S/C22H22N2O3/c1-15-22(16(2)24(23-15)18-8-6-5-7-9-18)21(25)11-10-17-12-19(26-3)14-20(13-17)27-4/h5-14H,1-4H3. The van der Waals surface area contributed by atoms with E-state index in [0.29, 0.717) is 22.8 Å². The highest BCUT2D eigenvalue weighted by molar-refractivity contribution is 6.08. The Morgan fingerprint density at radius 1 is 1.00 bits per heavy atom. The second kappa shape index (κ2) is 7.91. The molecule has 0 spiro atoms. The number of methoxy groups -OCH3 is 2. The van der Waals surface area contributed by atoms with Crippen molar-refractivity contribution in [3.63, 3.8) is 0 Å². The van der Waals surface area contributed by atoms with Crippen molar-refractivity contribution in [1.29, 1.82) is 0 Å². The number of hydrogen-bond acceptors (Lipinski definition) is 4. The van der Waals surface area contributed by atoms with Crippen LogP contribution in [0.15, 0.2) is 54.6 Å². The van der Waals surface area contributed by atoms with Gasteiger partial charge in [0.25, 0.3) is 0 Å². The van der Waals surface area contributed by atoms with Crippen molar-refractivity contribution in [2.75, 3.05) is 14.2 Å². The number of rotatable bonds is 6. The molecule has 27 heavy (non-hydrogen) atoms. The molecule has 138 valence electrons. The summed E-state index contributed by atoms with van der Waals surface area (Å²) in [7, 11) is 3.19. The van der Waals surface area contributed by atoms with E-state index in [0.717, 1.165) is 16.9 Å². The molecule has 0 atom stereocenters. The molecule has 0 saturated heterocycles. The Labute approximate surface area is 158 Å². The molecule has 1 heterocycles. The lowest BCUT2D eigenvalue weighted by molar-refractivity contribution is 0.104. The van der Waals surface area contributed by atoms with Crippen LogP contribution in [0.25, 0.3) is 11.8 Å². The quantitative estimate of drug-likeness (QED) is 0.482. The first-order chi connectivity index (χ1) is 13.0. The molecule has 1 aromatic heterocycles. The van der Waals surface area contributed by atoms with Crippen molar-refractivity contribution in [3.8, 4) is 17.2 Å². The summed E-state index contributed by atoms with van der Waals surface area (Å²) in [5, 5.41) is 4.53. The molecule has 2 aromatic carbocycles. The van der Waals surface area contributed by atoms with Crippen LogP contribution >= 0.6 is 0 Å². The molecule has 0 aliphatic heterocycles. The molecule has 0 aliphatic carbocycles. The van der Waals surface area contributed by atoms with Crippen LogP contribution in [0, 0.1) is 13.8 Å². The first-order valence-corrected chi connectivity index (χ1v) is 8.60. The molecule has 0 radical (unpaired) electrons. The topological polar surface area (TPSA) is 53.3 Å². The van der Waals surface area contributed by atoms with Gasteiger partial charge in [0.05, 0.1) is 36.9 Å². The average molecular weight is 362 g/mol. The van der Waals surface area contributed by atoms with Crippen molar-refractivity contribution >= 4 is 11.9 Å². The zero-order valence-electron chi connectivity index (χ0n) is 15.9. The smallest absolute Gasteiger partial charge is 0.189 e. The Balaban J connectivity index is 1.91.